The highest BCUT2D eigenvalue weighted by Gasteiger charge is 2.32. The van der Waals surface area contributed by atoms with Gasteiger partial charge in [0, 0.05) is 36.7 Å². The molecule has 1 aliphatic rings. The molecule has 1 aromatic carbocycles. The molecule has 5 rings (SSSR count). The van der Waals surface area contributed by atoms with Gasteiger partial charge in [-0.2, -0.15) is 0 Å². The zero-order chi connectivity index (χ0) is 35.7. The Kier molecular flexibility index (Phi) is 12.5. The number of aliphatic hydroxyl groups is 2. The lowest BCUT2D eigenvalue weighted by molar-refractivity contribution is -0.165. The number of carboxylic acid groups (broad SMARTS) is 2. The summed E-state index contributed by atoms with van der Waals surface area (Å²) in [5.41, 5.74) is 2.54. The number of carboxylic acids is 2. The second-order valence-corrected chi connectivity index (χ2v) is 11.7. The van der Waals surface area contributed by atoms with Crippen LogP contribution in [0.1, 0.15) is 60.4 Å². The first kappa shape index (κ1) is 36.6. The van der Waals surface area contributed by atoms with Gasteiger partial charge in [-0.3, -0.25) is 14.6 Å². The van der Waals surface area contributed by atoms with Gasteiger partial charge in [0.15, 0.2) is 18.0 Å². The first-order chi connectivity index (χ1) is 23.4. The van der Waals surface area contributed by atoms with Crippen LogP contribution in [0.25, 0.3) is 22.2 Å². The number of methoxy groups -OCH3 is 1. The third-order valence-electron chi connectivity index (χ3n) is 7.86. The van der Waals surface area contributed by atoms with Gasteiger partial charge in [-0.15, -0.1) is 0 Å². The molecule has 1 fully saturated rings. The molecule has 0 spiro atoms. The Morgan fingerprint density at radius 3 is 2.37 bits per heavy atom. The van der Waals surface area contributed by atoms with Gasteiger partial charge in [0.1, 0.15) is 18.1 Å². The number of nitrogens with one attached hydrogen (secondary N) is 1. The number of unbranched alkanes of at least 4 members (excludes halogenated alkanes) is 2. The summed E-state index contributed by atoms with van der Waals surface area (Å²) in [5.74, 6) is -1.89. The predicted octanol–water partition coefficient (Wildman–Crippen LogP) is 2.62. The molecule has 4 aromatic rings. The molecule has 1 aliphatic heterocycles. The highest BCUT2D eigenvalue weighted by atomic mass is 16.5. The van der Waals surface area contributed by atoms with Crippen molar-refractivity contribution in [2.75, 3.05) is 27.2 Å². The van der Waals surface area contributed by atoms with Crippen LogP contribution in [0.4, 0.5) is 0 Å². The summed E-state index contributed by atoms with van der Waals surface area (Å²) in [4.78, 5) is 59.8. The van der Waals surface area contributed by atoms with E-state index in [1.54, 1.807) is 13.3 Å². The number of ether oxygens (including phenoxy) is 1. The van der Waals surface area contributed by atoms with Gasteiger partial charge >= 0.3 is 11.9 Å². The number of aliphatic carboxylic acids is 2. The summed E-state index contributed by atoms with van der Waals surface area (Å²) in [5, 5.41) is 36.6. The van der Waals surface area contributed by atoms with Crippen molar-refractivity contribution in [3.05, 3.63) is 60.4 Å². The number of benzene rings is 1. The van der Waals surface area contributed by atoms with E-state index in [0.717, 1.165) is 48.1 Å². The van der Waals surface area contributed by atoms with Crippen molar-refractivity contribution in [1.82, 2.24) is 25.2 Å². The summed E-state index contributed by atoms with van der Waals surface area (Å²) in [6.07, 6.45) is 3.31. The predicted molar refractivity (Wildman–Crippen MR) is 172 cm³/mol. The zero-order valence-corrected chi connectivity index (χ0v) is 27.2. The number of oxazole rings is 2. The molecule has 262 valence electrons. The molecule has 5 N–H and O–H groups in total. The number of hydrogen-bond donors (Lipinski definition) is 5. The number of nitrogens with zero attached hydrogens (tertiary/aromatic N) is 4. The first-order valence-corrected chi connectivity index (χ1v) is 15.5. The van der Waals surface area contributed by atoms with Crippen molar-refractivity contribution < 1.29 is 53.2 Å². The maximum absolute atomic E-state index is 12.9. The molecule has 1 amide bonds. The summed E-state index contributed by atoms with van der Waals surface area (Å²) >= 11 is 0. The number of aromatic nitrogens is 3. The Bertz CT molecular complexity index is 1730. The fourth-order valence-corrected chi connectivity index (χ4v) is 5.15. The molecule has 4 heterocycles. The van der Waals surface area contributed by atoms with E-state index in [4.69, 9.17) is 34.0 Å². The number of carbonyl (C=O) groups excluding carboxylic acids is 2. The van der Waals surface area contributed by atoms with Crippen molar-refractivity contribution in [2.45, 2.75) is 57.3 Å². The maximum atomic E-state index is 12.9. The molecule has 0 bridgehead atoms. The Morgan fingerprint density at radius 1 is 1.04 bits per heavy atom. The SMILES string of the molecule is COc1cc2nc(C)ccc2cc1-c1cnc([C@H](CCCCCC(=O)c2ncco2)NC(=O)C2CN(C)C2)o1.O=C(O)[C@H](O)[C@@H](O)C(=O)O. The topological polar surface area (TPSA) is 239 Å². The Labute approximate surface area is 280 Å². The van der Waals surface area contributed by atoms with Gasteiger partial charge in [-0.25, -0.2) is 19.6 Å². The quantitative estimate of drug-likeness (QED) is 0.0895. The van der Waals surface area contributed by atoms with Crippen LogP contribution < -0.4 is 10.1 Å². The largest absolute Gasteiger partial charge is 0.496 e. The average Bonchev–Trinajstić information content (AvgIpc) is 3.78. The van der Waals surface area contributed by atoms with E-state index in [2.05, 4.69) is 25.2 Å². The van der Waals surface area contributed by atoms with Crippen LogP contribution in [0.15, 0.2) is 51.8 Å². The number of Topliss-reactive ketones (excluding diaryl/α,β-unsaturated/α-hetero) is 1. The number of carbonyl (C=O) groups is 4. The van der Waals surface area contributed by atoms with Crippen molar-refractivity contribution in [3.63, 3.8) is 0 Å². The molecule has 0 unspecified atom stereocenters. The Morgan fingerprint density at radius 2 is 1.76 bits per heavy atom. The molecule has 49 heavy (non-hydrogen) atoms. The fraction of sp³-hybridized carbons (Fsp3) is 0.424. The summed E-state index contributed by atoms with van der Waals surface area (Å²) in [6, 6.07) is 7.48. The standard InChI is InChI=1S/C29H33N5O5.C4H6O6/c1-18-9-10-19-13-21(25(37-3)14-23(19)32-18)26-15-31-28(39-26)22(33-27(36)20-16-34(2)17-20)7-5-4-6-8-24(35)29-30-11-12-38-29;5-1(3(7)8)2(6)4(9)10/h9-15,20,22H,4-8,16-17H2,1-3H3,(H,33,36);1-2,5-6H,(H,7,8)(H,9,10)/t22-;1-,2-/m01/s1. The number of amides is 1. The molecule has 3 atom stereocenters. The molecule has 3 aromatic heterocycles. The molecule has 0 saturated carbocycles. The molecular formula is C33H39N5O11. The number of aryl methyl sites for hydroxylation is 1. The van der Waals surface area contributed by atoms with E-state index >= 15 is 0 Å². The van der Waals surface area contributed by atoms with Gasteiger partial charge in [0.05, 0.1) is 36.5 Å². The lowest BCUT2D eigenvalue weighted by Crippen LogP contribution is -2.52. The third kappa shape index (κ3) is 9.68. The number of likely N-dealkylation sites (tertiary alicyclic amines) is 1. The second-order valence-electron chi connectivity index (χ2n) is 11.7. The first-order valence-electron chi connectivity index (χ1n) is 15.5. The van der Waals surface area contributed by atoms with Crippen LogP contribution in [0, 0.1) is 12.8 Å². The lowest BCUT2D eigenvalue weighted by atomic mass is 9.99. The maximum Gasteiger partial charge on any atom is 0.335 e. The average molecular weight is 682 g/mol. The Hall–Kier alpha value is -5.19. The van der Waals surface area contributed by atoms with Gasteiger partial charge in [-0.05, 0) is 38.9 Å². The van der Waals surface area contributed by atoms with E-state index < -0.39 is 24.1 Å². The van der Waals surface area contributed by atoms with Gasteiger partial charge in [-0.1, -0.05) is 18.9 Å². The molecule has 16 heteroatoms. The molecule has 0 aliphatic carbocycles. The van der Waals surface area contributed by atoms with Crippen LogP contribution in [-0.4, -0.2) is 103 Å². The van der Waals surface area contributed by atoms with Gasteiger partial charge in [0.2, 0.25) is 17.6 Å². The molecule has 16 nitrogen and oxygen atoms in total. The highest BCUT2D eigenvalue weighted by Crippen LogP contribution is 2.35. The normalized spacial score (nSPS) is 15.0. The fourth-order valence-electron chi connectivity index (χ4n) is 5.15. The number of pyridine rings is 1. The minimum absolute atomic E-state index is 0.00153. The summed E-state index contributed by atoms with van der Waals surface area (Å²) < 4.78 is 17.0. The van der Waals surface area contributed by atoms with Crippen molar-refractivity contribution in [1.29, 1.82) is 0 Å². The third-order valence-corrected chi connectivity index (χ3v) is 7.86. The van der Waals surface area contributed by atoms with Crippen LogP contribution in [-0.2, 0) is 14.4 Å². The summed E-state index contributed by atoms with van der Waals surface area (Å²) in [6.45, 7) is 3.42. The summed E-state index contributed by atoms with van der Waals surface area (Å²) in [7, 11) is 3.61. The van der Waals surface area contributed by atoms with E-state index in [-0.39, 0.29) is 29.5 Å². The molecule has 1 saturated heterocycles. The minimum atomic E-state index is -2.27. The van der Waals surface area contributed by atoms with Gasteiger partial charge in [0.25, 0.3) is 5.89 Å². The number of fused-ring (bicyclic) bond motifs is 1. The lowest BCUT2D eigenvalue weighted by Gasteiger charge is -2.35. The number of rotatable bonds is 15. The van der Waals surface area contributed by atoms with Crippen LogP contribution in [0.3, 0.4) is 0 Å². The monoisotopic (exact) mass is 681 g/mol. The van der Waals surface area contributed by atoms with Crippen LogP contribution in [0.5, 0.6) is 5.75 Å². The van der Waals surface area contributed by atoms with E-state index in [9.17, 15) is 19.2 Å². The molecule has 0 radical (unpaired) electrons. The second kappa shape index (κ2) is 16.8. The number of hydrogen-bond acceptors (Lipinski definition) is 13. The zero-order valence-electron chi connectivity index (χ0n) is 27.2. The number of ketones is 1. The van der Waals surface area contributed by atoms with Gasteiger partial charge < -0.3 is 44.2 Å². The van der Waals surface area contributed by atoms with E-state index in [1.807, 2.05) is 38.2 Å². The molecular weight excluding hydrogens is 642 g/mol. The van der Waals surface area contributed by atoms with Crippen LogP contribution >= 0.6 is 0 Å². The van der Waals surface area contributed by atoms with Crippen molar-refractivity contribution in [2.24, 2.45) is 5.92 Å². The van der Waals surface area contributed by atoms with E-state index in [1.165, 1.54) is 12.5 Å². The van der Waals surface area contributed by atoms with E-state index in [0.29, 0.717) is 36.7 Å². The highest BCUT2D eigenvalue weighted by molar-refractivity contribution is 5.91. The van der Waals surface area contributed by atoms with Crippen molar-refractivity contribution >= 4 is 34.5 Å². The minimum Gasteiger partial charge on any atom is -0.496 e. The smallest absolute Gasteiger partial charge is 0.335 e. The van der Waals surface area contributed by atoms with Crippen LogP contribution in [0.2, 0.25) is 0 Å². The Balaban J connectivity index is 0.000000471. The number of aliphatic hydroxyl groups excluding tert-OH is 2. The van der Waals surface area contributed by atoms with Crippen molar-refractivity contribution in [3.8, 4) is 17.1 Å².